The zero-order chi connectivity index (χ0) is 16.7. The molecule has 1 aliphatic heterocycles. The van der Waals surface area contributed by atoms with E-state index in [1.165, 1.54) is 11.9 Å². The molecule has 0 saturated carbocycles. The minimum atomic E-state index is -0.141. The van der Waals surface area contributed by atoms with Crippen molar-refractivity contribution in [1.82, 2.24) is 14.5 Å². The molecular formula is C18H20N4O2. The van der Waals surface area contributed by atoms with Crippen molar-refractivity contribution in [2.75, 3.05) is 12.3 Å². The van der Waals surface area contributed by atoms with Gasteiger partial charge < -0.3 is 20.1 Å². The summed E-state index contributed by atoms with van der Waals surface area (Å²) in [6.45, 7) is 2.10. The lowest BCUT2D eigenvalue weighted by Gasteiger charge is -2.14. The Balaban J connectivity index is 1.87. The van der Waals surface area contributed by atoms with Crippen LogP contribution in [0.5, 0.6) is 0 Å². The molecule has 3 N–H and O–H groups in total. The Hall–Kier alpha value is -2.44. The second kappa shape index (κ2) is 5.89. The van der Waals surface area contributed by atoms with Crippen molar-refractivity contribution in [2.45, 2.75) is 32.1 Å². The SMILES string of the molecule is Cc1ccc(-c2cn(C3CCC(CO)O3)c3ncnc(N)c23)cc1. The highest BCUT2D eigenvalue weighted by molar-refractivity contribution is 6.00. The van der Waals surface area contributed by atoms with Gasteiger partial charge in [-0.2, -0.15) is 0 Å². The molecule has 0 amide bonds. The Morgan fingerprint density at radius 2 is 2.04 bits per heavy atom. The van der Waals surface area contributed by atoms with Crippen molar-refractivity contribution in [3.05, 3.63) is 42.4 Å². The van der Waals surface area contributed by atoms with Crippen molar-refractivity contribution < 1.29 is 9.84 Å². The van der Waals surface area contributed by atoms with Crippen LogP contribution >= 0.6 is 0 Å². The van der Waals surface area contributed by atoms with Gasteiger partial charge in [0.15, 0.2) is 0 Å². The Kier molecular flexibility index (Phi) is 3.70. The average Bonchev–Trinajstić information content (AvgIpc) is 3.20. The molecule has 3 heterocycles. The summed E-state index contributed by atoms with van der Waals surface area (Å²) in [5.74, 6) is 0.464. The van der Waals surface area contributed by atoms with Gasteiger partial charge in [0.25, 0.3) is 0 Å². The first kappa shape index (κ1) is 15.1. The first-order valence-electron chi connectivity index (χ1n) is 8.11. The van der Waals surface area contributed by atoms with Crippen LogP contribution in [0.25, 0.3) is 22.2 Å². The zero-order valence-electron chi connectivity index (χ0n) is 13.5. The molecule has 3 aromatic rings. The largest absolute Gasteiger partial charge is 0.394 e. The van der Waals surface area contributed by atoms with Crippen molar-refractivity contribution in [2.24, 2.45) is 0 Å². The number of nitrogens with two attached hydrogens (primary N) is 1. The van der Waals surface area contributed by atoms with Crippen LogP contribution in [-0.4, -0.2) is 32.4 Å². The van der Waals surface area contributed by atoms with Gasteiger partial charge in [-0.3, -0.25) is 0 Å². The Morgan fingerprint density at radius 1 is 1.25 bits per heavy atom. The number of aryl methyl sites for hydroxylation is 1. The number of hydrogen-bond donors (Lipinski definition) is 2. The Bertz CT molecular complexity index is 873. The zero-order valence-corrected chi connectivity index (χ0v) is 13.5. The summed E-state index contributed by atoms with van der Waals surface area (Å²) in [7, 11) is 0. The summed E-state index contributed by atoms with van der Waals surface area (Å²) in [6, 6.07) is 8.30. The molecule has 4 rings (SSSR count). The molecule has 24 heavy (non-hydrogen) atoms. The monoisotopic (exact) mass is 324 g/mol. The van der Waals surface area contributed by atoms with Crippen LogP contribution in [-0.2, 0) is 4.74 Å². The molecule has 0 spiro atoms. The molecule has 6 heteroatoms. The second-order valence-electron chi connectivity index (χ2n) is 6.25. The smallest absolute Gasteiger partial charge is 0.148 e. The third-order valence-corrected chi connectivity index (χ3v) is 4.60. The quantitative estimate of drug-likeness (QED) is 0.773. The van der Waals surface area contributed by atoms with Crippen LogP contribution < -0.4 is 5.73 Å². The maximum atomic E-state index is 9.32. The van der Waals surface area contributed by atoms with Crippen LogP contribution in [0.2, 0.25) is 0 Å². The van der Waals surface area contributed by atoms with Crippen molar-refractivity contribution in [1.29, 1.82) is 0 Å². The number of fused-ring (bicyclic) bond motifs is 1. The number of hydrogen-bond acceptors (Lipinski definition) is 5. The summed E-state index contributed by atoms with van der Waals surface area (Å²) in [4.78, 5) is 8.59. The van der Waals surface area contributed by atoms with Gasteiger partial charge in [0.2, 0.25) is 0 Å². The van der Waals surface area contributed by atoms with Gasteiger partial charge in [-0.15, -0.1) is 0 Å². The minimum Gasteiger partial charge on any atom is -0.394 e. The van der Waals surface area contributed by atoms with E-state index in [1.54, 1.807) is 0 Å². The topological polar surface area (TPSA) is 86.2 Å². The second-order valence-corrected chi connectivity index (χ2v) is 6.25. The number of rotatable bonds is 3. The van der Waals surface area contributed by atoms with E-state index in [4.69, 9.17) is 10.5 Å². The summed E-state index contributed by atoms with van der Waals surface area (Å²) in [5, 5.41) is 10.2. The van der Waals surface area contributed by atoms with E-state index in [0.29, 0.717) is 5.82 Å². The summed E-state index contributed by atoms with van der Waals surface area (Å²) >= 11 is 0. The lowest BCUT2D eigenvalue weighted by molar-refractivity contribution is -0.0204. The van der Waals surface area contributed by atoms with E-state index >= 15 is 0 Å². The van der Waals surface area contributed by atoms with Gasteiger partial charge in [0.05, 0.1) is 18.1 Å². The average molecular weight is 324 g/mol. The number of aliphatic hydroxyl groups excluding tert-OH is 1. The molecular weight excluding hydrogens is 304 g/mol. The maximum absolute atomic E-state index is 9.32. The Morgan fingerprint density at radius 3 is 2.75 bits per heavy atom. The fraction of sp³-hybridized carbons (Fsp3) is 0.333. The molecule has 1 aliphatic rings. The van der Waals surface area contributed by atoms with Crippen LogP contribution in [0.3, 0.4) is 0 Å². The molecule has 0 radical (unpaired) electrons. The lowest BCUT2D eigenvalue weighted by Crippen LogP contribution is -2.14. The van der Waals surface area contributed by atoms with E-state index in [1.807, 2.05) is 10.8 Å². The molecule has 2 aromatic heterocycles. The number of aromatic nitrogens is 3. The predicted molar refractivity (Wildman–Crippen MR) is 92.3 cm³/mol. The van der Waals surface area contributed by atoms with Crippen LogP contribution in [0.4, 0.5) is 5.82 Å². The van der Waals surface area contributed by atoms with E-state index < -0.39 is 0 Å². The third kappa shape index (κ3) is 2.44. The van der Waals surface area contributed by atoms with E-state index in [-0.39, 0.29) is 18.9 Å². The first-order valence-corrected chi connectivity index (χ1v) is 8.11. The van der Waals surface area contributed by atoms with Crippen LogP contribution in [0.15, 0.2) is 36.8 Å². The normalized spacial score (nSPS) is 20.8. The molecule has 0 aliphatic carbocycles. The Labute approximate surface area is 139 Å². The molecule has 2 unspecified atom stereocenters. The van der Waals surface area contributed by atoms with E-state index in [0.717, 1.165) is 35.0 Å². The molecule has 1 saturated heterocycles. The molecule has 0 bridgehead atoms. The number of anilines is 1. The van der Waals surface area contributed by atoms with Gasteiger partial charge in [-0.25, -0.2) is 9.97 Å². The van der Waals surface area contributed by atoms with Crippen LogP contribution in [0.1, 0.15) is 24.6 Å². The van der Waals surface area contributed by atoms with Gasteiger partial charge in [0.1, 0.15) is 24.0 Å². The van der Waals surface area contributed by atoms with Gasteiger partial charge in [-0.05, 0) is 25.3 Å². The molecule has 6 nitrogen and oxygen atoms in total. The van der Waals surface area contributed by atoms with E-state index in [2.05, 4.69) is 41.2 Å². The van der Waals surface area contributed by atoms with Gasteiger partial charge >= 0.3 is 0 Å². The van der Waals surface area contributed by atoms with Crippen molar-refractivity contribution >= 4 is 16.9 Å². The summed E-state index contributed by atoms with van der Waals surface area (Å²) in [6.07, 6.45) is 4.93. The molecule has 124 valence electrons. The number of nitrogen functional groups attached to an aromatic ring is 1. The number of ether oxygens (including phenoxy) is 1. The molecule has 2 atom stereocenters. The highest BCUT2D eigenvalue weighted by Gasteiger charge is 2.28. The summed E-state index contributed by atoms with van der Waals surface area (Å²) < 4.78 is 7.94. The minimum absolute atomic E-state index is 0.0393. The van der Waals surface area contributed by atoms with E-state index in [9.17, 15) is 5.11 Å². The van der Waals surface area contributed by atoms with Gasteiger partial charge in [-0.1, -0.05) is 29.8 Å². The molecule has 1 aromatic carbocycles. The van der Waals surface area contributed by atoms with Crippen LogP contribution in [0, 0.1) is 6.92 Å². The van der Waals surface area contributed by atoms with Gasteiger partial charge in [0, 0.05) is 11.8 Å². The third-order valence-electron chi connectivity index (χ3n) is 4.60. The lowest BCUT2D eigenvalue weighted by atomic mass is 10.0. The van der Waals surface area contributed by atoms with Crippen molar-refractivity contribution in [3.63, 3.8) is 0 Å². The highest BCUT2D eigenvalue weighted by atomic mass is 16.5. The number of aliphatic hydroxyl groups is 1. The highest BCUT2D eigenvalue weighted by Crippen LogP contribution is 2.37. The first-order chi connectivity index (χ1) is 11.7. The van der Waals surface area contributed by atoms with Crippen molar-refractivity contribution in [3.8, 4) is 11.1 Å². The summed E-state index contributed by atoms with van der Waals surface area (Å²) in [5.41, 5.74) is 10.2. The number of benzene rings is 1. The predicted octanol–water partition coefficient (Wildman–Crippen LogP) is 2.66. The fourth-order valence-electron chi connectivity index (χ4n) is 3.31. The standard InChI is InChI=1S/C18H20N4O2/c1-11-2-4-12(5-3-11)14-8-22(15-7-6-13(9-23)24-15)18-16(14)17(19)20-10-21-18/h2-5,8,10,13,15,23H,6-7,9H2,1H3,(H2,19,20,21). The maximum Gasteiger partial charge on any atom is 0.148 e. The number of nitrogens with zero attached hydrogens (tertiary/aromatic N) is 3. The fourth-order valence-corrected chi connectivity index (χ4v) is 3.31. The molecule has 1 fully saturated rings.